The van der Waals surface area contributed by atoms with Crippen LogP contribution in [0.15, 0.2) is 0 Å². The summed E-state index contributed by atoms with van der Waals surface area (Å²) in [6.45, 7) is 5.25. The third-order valence-electron chi connectivity index (χ3n) is 2.49. The van der Waals surface area contributed by atoms with Crippen molar-refractivity contribution in [1.29, 1.82) is 0 Å². The van der Waals surface area contributed by atoms with Gasteiger partial charge < -0.3 is 14.7 Å². The first-order chi connectivity index (χ1) is 6.24. The molecular formula is C10H21NO2. The molecule has 1 saturated carbocycles. The summed E-state index contributed by atoms with van der Waals surface area (Å²) < 4.78 is 5.24. The second-order valence-electron chi connectivity index (χ2n) is 3.86. The second kappa shape index (κ2) is 5.58. The molecule has 1 unspecified atom stereocenters. The number of nitrogens with zero attached hydrogens (tertiary/aromatic N) is 1. The molecule has 3 heteroatoms. The minimum atomic E-state index is -0.119. The maximum absolute atomic E-state index is 9.63. The van der Waals surface area contributed by atoms with Gasteiger partial charge in [-0.1, -0.05) is 0 Å². The van der Waals surface area contributed by atoms with E-state index in [1.54, 1.807) is 0 Å². The molecule has 0 radical (unpaired) electrons. The Hall–Kier alpha value is -0.120. The highest BCUT2D eigenvalue weighted by Crippen LogP contribution is 2.32. The molecule has 1 N–H and O–H groups in total. The van der Waals surface area contributed by atoms with E-state index >= 15 is 0 Å². The molecule has 0 spiro atoms. The number of rotatable bonds is 7. The van der Waals surface area contributed by atoms with E-state index in [1.807, 2.05) is 14.0 Å². The predicted octanol–water partition coefficient (Wildman–Crippen LogP) is 0.726. The molecule has 13 heavy (non-hydrogen) atoms. The lowest BCUT2D eigenvalue weighted by Crippen LogP contribution is -2.32. The molecule has 1 aliphatic carbocycles. The second-order valence-corrected chi connectivity index (χ2v) is 3.86. The molecule has 1 fully saturated rings. The summed E-state index contributed by atoms with van der Waals surface area (Å²) in [5, 5.41) is 9.63. The van der Waals surface area contributed by atoms with Gasteiger partial charge in [0.15, 0.2) is 0 Å². The Bertz CT molecular complexity index is 137. The molecule has 1 atom stereocenters. The Morgan fingerprint density at radius 3 is 2.77 bits per heavy atom. The zero-order valence-corrected chi connectivity index (χ0v) is 8.70. The largest absolute Gasteiger partial charge is 0.392 e. The third-order valence-corrected chi connectivity index (χ3v) is 2.49. The first kappa shape index (κ1) is 11.0. The molecule has 78 valence electrons. The normalized spacial score (nSPS) is 19.4. The topological polar surface area (TPSA) is 32.7 Å². The van der Waals surface area contributed by atoms with Crippen LogP contribution < -0.4 is 0 Å². The first-order valence-corrected chi connectivity index (χ1v) is 5.18. The molecular weight excluding hydrogens is 166 g/mol. The van der Waals surface area contributed by atoms with E-state index in [0.717, 1.165) is 26.3 Å². The summed E-state index contributed by atoms with van der Waals surface area (Å²) >= 11 is 0. The average Bonchev–Trinajstić information content (AvgIpc) is 2.86. The van der Waals surface area contributed by atoms with E-state index in [-0.39, 0.29) is 6.10 Å². The van der Waals surface area contributed by atoms with Crippen molar-refractivity contribution >= 4 is 0 Å². The number of aliphatic hydroxyl groups is 1. The Morgan fingerprint density at radius 1 is 1.54 bits per heavy atom. The van der Waals surface area contributed by atoms with E-state index in [0.29, 0.717) is 5.92 Å². The SMILES string of the molecule is CCOCCN(C)CC(O)C1CC1. The molecule has 0 bridgehead atoms. The van der Waals surface area contributed by atoms with Crippen molar-refractivity contribution in [3.05, 3.63) is 0 Å². The van der Waals surface area contributed by atoms with E-state index in [1.165, 1.54) is 12.8 Å². The van der Waals surface area contributed by atoms with Crippen molar-refractivity contribution in [3.8, 4) is 0 Å². The molecule has 3 nitrogen and oxygen atoms in total. The Morgan fingerprint density at radius 2 is 2.23 bits per heavy atom. The summed E-state index contributed by atoms with van der Waals surface area (Å²) in [5.74, 6) is 0.578. The van der Waals surface area contributed by atoms with Gasteiger partial charge in [-0.15, -0.1) is 0 Å². The Labute approximate surface area is 80.7 Å². The van der Waals surface area contributed by atoms with Gasteiger partial charge in [0.2, 0.25) is 0 Å². The molecule has 0 aromatic rings. The van der Waals surface area contributed by atoms with Crippen LogP contribution in [0.3, 0.4) is 0 Å². The van der Waals surface area contributed by atoms with Gasteiger partial charge in [0.1, 0.15) is 0 Å². The predicted molar refractivity (Wildman–Crippen MR) is 52.7 cm³/mol. The smallest absolute Gasteiger partial charge is 0.0695 e. The summed E-state index contributed by atoms with van der Waals surface area (Å²) in [7, 11) is 2.03. The molecule has 0 heterocycles. The molecule has 0 aromatic heterocycles. The van der Waals surface area contributed by atoms with Crippen LogP contribution in [0.25, 0.3) is 0 Å². The lowest BCUT2D eigenvalue weighted by molar-refractivity contribution is 0.0794. The van der Waals surface area contributed by atoms with Crippen LogP contribution in [-0.2, 0) is 4.74 Å². The van der Waals surface area contributed by atoms with Crippen LogP contribution in [-0.4, -0.2) is 49.5 Å². The van der Waals surface area contributed by atoms with Gasteiger partial charge in [-0.2, -0.15) is 0 Å². The van der Waals surface area contributed by atoms with Gasteiger partial charge in [0.05, 0.1) is 12.7 Å². The minimum absolute atomic E-state index is 0.119. The molecule has 1 aliphatic rings. The van der Waals surface area contributed by atoms with E-state index < -0.39 is 0 Å². The highest BCUT2D eigenvalue weighted by Gasteiger charge is 2.29. The van der Waals surface area contributed by atoms with E-state index in [2.05, 4.69) is 4.90 Å². The van der Waals surface area contributed by atoms with Gasteiger partial charge in [0.25, 0.3) is 0 Å². The summed E-state index contributed by atoms with van der Waals surface area (Å²) in [4.78, 5) is 2.14. The van der Waals surface area contributed by atoms with E-state index in [4.69, 9.17) is 4.74 Å². The van der Waals surface area contributed by atoms with Crippen molar-refractivity contribution in [2.75, 3.05) is 33.4 Å². The Kier molecular flexibility index (Phi) is 4.70. The Balaban J connectivity index is 1.98. The fraction of sp³-hybridized carbons (Fsp3) is 1.00. The van der Waals surface area contributed by atoms with Crippen LogP contribution in [0.4, 0.5) is 0 Å². The van der Waals surface area contributed by atoms with Crippen LogP contribution in [0.5, 0.6) is 0 Å². The summed E-state index contributed by atoms with van der Waals surface area (Å²) in [6, 6.07) is 0. The number of likely N-dealkylation sites (N-methyl/N-ethyl adjacent to an activating group) is 1. The van der Waals surface area contributed by atoms with Crippen molar-refractivity contribution in [2.24, 2.45) is 5.92 Å². The number of hydrogen-bond acceptors (Lipinski definition) is 3. The van der Waals surface area contributed by atoms with Crippen LogP contribution in [0.1, 0.15) is 19.8 Å². The summed E-state index contributed by atoms with van der Waals surface area (Å²) in [5.41, 5.74) is 0. The van der Waals surface area contributed by atoms with Crippen molar-refractivity contribution < 1.29 is 9.84 Å². The van der Waals surface area contributed by atoms with E-state index in [9.17, 15) is 5.11 Å². The lowest BCUT2D eigenvalue weighted by Gasteiger charge is -2.19. The van der Waals surface area contributed by atoms with Gasteiger partial charge in [-0.05, 0) is 32.7 Å². The van der Waals surface area contributed by atoms with Crippen LogP contribution in [0, 0.1) is 5.92 Å². The zero-order valence-electron chi connectivity index (χ0n) is 8.70. The molecule has 0 aliphatic heterocycles. The molecule has 1 rings (SSSR count). The van der Waals surface area contributed by atoms with Gasteiger partial charge in [-0.25, -0.2) is 0 Å². The van der Waals surface area contributed by atoms with Gasteiger partial charge in [-0.3, -0.25) is 0 Å². The lowest BCUT2D eigenvalue weighted by atomic mass is 10.2. The highest BCUT2D eigenvalue weighted by molar-refractivity contribution is 4.82. The minimum Gasteiger partial charge on any atom is -0.392 e. The van der Waals surface area contributed by atoms with Crippen molar-refractivity contribution in [2.45, 2.75) is 25.9 Å². The average molecular weight is 187 g/mol. The standard InChI is InChI=1S/C10H21NO2/c1-3-13-7-6-11(2)8-10(12)9-4-5-9/h9-10,12H,3-8H2,1-2H3. The van der Waals surface area contributed by atoms with Crippen molar-refractivity contribution in [1.82, 2.24) is 4.90 Å². The number of hydrogen-bond donors (Lipinski definition) is 1. The van der Waals surface area contributed by atoms with Crippen molar-refractivity contribution in [3.63, 3.8) is 0 Å². The maximum Gasteiger partial charge on any atom is 0.0695 e. The monoisotopic (exact) mass is 187 g/mol. The van der Waals surface area contributed by atoms with Gasteiger partial charge >= 0.3 is 0 Å². The zero-order chi connectivity index (χ0) is 9.68. The van der Waals surface area contributed by atoms with Crippen LogP contribution >= 0.6 is 0 Å². The quantitative estimate of drug-likeness (QED) is 0.596. The highest BCUT2D eigenvalue weighted by atomic mass is 16.5. The fourth-order valence-electron chi connectivity index (χ4n) is 1.41. The molecule has 0 amide bonds. The number of ether oxygens (including phenoxy) is 1. The number of aliphatic hydroxyl groups excluding tert-OH is 1. The van der Waals surface area contributed by atoms with Gasteiger partial charge in [0, 0.05) is 19.7 Å². The first-order valence-electron chi connectivity index (χ1n) is 5.18. The van der Waals surface area contributed by atoms with Crippen LogP contribution in [0.2, 0.25) is 0 Å². The molecule has 0 aromatic carbocycles. The molecule has 0 saturated heterocycles. The maximum atomic E-state index is 9.63. The fourth-order valence-corrected chi connectivity index (χ4v) is 1.41. The third kappa shape index (κ3) is 4.60. The summed E-state index contributed by atoms with van der Waals surface area (Å²) in [6.07, 6.45) is 2.30.